The lowest BCUT2D eigenvalue weighted by Crippen LogP contribution is -2.49. The molecule has 3 rings (SSSR count). The summed E-state index contributed by atoms with van der Waals surface area (Å²) in [7, 11) is 0. The first-order valence-electron chi connectivity index (χ1n) is 9.83. The van der Waals surface area contributed by atoms with Crippen LogP contribution in [0.3, 0.4) is 0 Å². The van der Waals surface area contributed by atoms with Gasteiger partial charge >= 0.3 is 0 Å². The van der Waals surface area contributed by atoms with Crippen molar-refractivity contribution in [2.24, 2.45) is 5.92 Å². The molecule has 7 nitrogen and oxygen atoms in total. The van der Waals surface area contributed by atoms with Crippen molar-refractivity contribution < 1.29 is 23.2 Å². The van der Waals surface area contributed by atoms with Crippen molar-refractivity contribution in [3.63, 3.8) is 0 Å². The minimum absolute atomic E-state index is 0.0785. The van der Waals surface area contributed by atoms with Gasteiger partial charge < -0.3 is 24.2 Å². The van der Waals surface area contributed by atoms with Crippen LogP contribution in [-0.2, 0) is 29.3 Å². The van der Waals surface area contributed by atoms with Crippen LogP contribution in [0, 0.1) is 5.92 Å². The van der Waals surface area contributed by atoms with E-state index in [9.17, 15) is 9.59 Å². The van der Waals surface area contributed by atoms with Crippen LogP contribution in [0.4, 0.5) is 0 Å². The lowest BCUT2D eigenvalue weighted by molar-refractivity contribution is -0.124. The maximum atomic E-state index is 12.7. The lowest BCUT2D eigenvalue weighted by Gasteiger charge is -2.21. The first-order valence-corrected chi connectivity index (χ1v) is 9.83. The Morgan fingerprint density at radius 1 is 0.967 bits per heavy atom. The molecule has 30 heavy (non-hydrogen) atoms. The molecule has 0 aliphatic carbocycles. The number of furan rings is 2. The highest BCUT2D eigenvalue weighted by atomic mass is 16.5. The van der Waals surface area contributed by atoms with Crippen LogP contribution in [0.1, 0.15) is 41.3 Å². The van der Waals surface area contributed by atoms with E-state index in [1.165, 1.54) is 6.26 Å². The molecule has 1 unspecified atom stereocenters. The van der Waals surface area contributed by atoms with Gasteiger partial charge in [-0.05, 0) is 41.3 Å². The number of hydrogen-bond donors (Lipinski definition) is 2. The molecule has 0 aliphatic heterocycles. The smallest absolute Gasteiger partial charge is 0.287 e. The zero-order valence-electron chi connectivity index (χ0n) is 17.1. The topological polar surface area (TPSA) is 93.7 Å². The van der Waals surface area contributed by atoms with Gasteiger partial charge in [0.1, 0.15) is 18.4 Å². The maximum absolute atomic E-state index is 12.7. The van der Waals surface area contributed by atoms with Crippen LogP contribution in [0.5, 0.6) is 0 Å². The number of ether oxygens (including phenoxy) is 1. The highest BCUT2D eigenvalue weighted by molar-refractivity contribution is 5.95. The second kappa shape index (κ2) is 10.5. The van der Waals surface area contributed by atoms with Crippen molar-refractivity contribution in [1.29, 1.82) is 0 Å². The zero-order chi connectivity index (χ0) is 21.3. The monoisotopic (exact) mass is 410 g/mol. The van der Waals surface area contributed by atoms with E-state index in [4.69, 9.17) is 13.6 Å². The number of rotatable bonds is 10. The van der Waals surface area contributed by atoms with E-state index >= 15 is 0 Å². The lowest BCUT2D eigenvalue weighted by atomic mass is 10.0. The third-order valence-electron chi connectivity index (χ3n) is 4.53. The second-order valence-corrected chi connectivity index (χ2v) is 7.28. The molecule has 0 saturated heterocycles. The molecular weight excluding hydrogens is 384 g/mol. The van der Waals surface area contributed by atoms with E-state index in [0.29, 0.717) is 19.8 Å². The second-order valence-electron chi connectivity index (χ2n) is 7.28. The van der Waals surface area contributed by atoms with E-state index in [1.807, 2.05) is 50.2 Å². The van der Waals surface area contributed by atoms with Crippen molar-refractivity contribution in [3.05, 3.63) is 83.7 Å². The average Bonchev–Trinajstić information content (AvgIpc) is 3.44. The predicted molar refractivity (Wildman–Crippen MR) is 110 cm³/mol. The summed E-state index contributed by atoms with van der Waals surface area (Å²) in [5, 5.41) is 5.63. The van der Waals surface area contributed by atoms with Crippen LogP contribution in [0.15, 0.2) is 69.9 Å². The number of carbonyl (C=O) groups excluding carboxylic acids is 2. The fourth-order valence-electron chi connectivity index (χ4n) is 2.95. The van der Waals surface area contributed by atoms with E-state index in [2.05, 4.69) is 10.6 Å². The molecule has 2 amide bonds. The number of carbonyl (C=O) groups is 2. The molecule has 2 aromatic heterocycles. The molecule has 158 valence electrons. The van der Waals surface area contributed by atoms with E-state index in [1.54, 1.807) is 18.4 Å². The van der Waals surface area contributed by atoms with Gasteiger partial charge in [-0.25, -0.2) is 0 Å². The Hall–Kier alpha value is -3.32. The molecule has 2 heterocycles. The van der Waals surface area contributed by atoms with Crippen molar-refractivity contribution in [1.82, 2.24) is 10.6 Å². The Morgan fingerprint density at radius 2 is 1.73 bits per heavy atom. The summed E-state index contributed by atoms with van der Waals surface area (Å²) in [6.45, 7) is 4.95. The van der Waals surface area contributed by atoms with Crippen LogP contribution in [-0.4, -0.2) is 17.9 Å². The molecule has 7 heteroatoms. The summed E-state index contributed by atoms with van der Waals surface area (Å²) in [6, 6.07) is 14.0. The summed E-state index contributed by atoms with van der Waals surface area (Å²) in [5.74, 6) is 0.213. The van der Waals surface area contributed by atoms with Gasteiger partial charge in [0, 0.05) is 6.54 Å². The van der Waals surface area contributed by atoms with E-state index < -0.39 is 11.9 Å². The molecule has 2 N–H and O–H groups in total. The number of amides is 2. The number of benzene rings is 1. The van der Waals surface area contributed by atoms with E-state index in [-0.39, 0.29) is 17.6 Å². The Morgan fingerprint density at radius 3 is 2.43 bits per heavy atom. The minimum Gasteiger partial charge on any atom is -0.467 e. The fourth-order valence-corrected chi connectivity index (χ4v) is 2.95. The zero-order valence-corrected chi connectivity index (χ0v) is 17.1. The van der Waals surface area contributed by atoms with Crippen LogP contribution in [0.2, 0.25) is 0 Å². The van der Waals surface area contributed by atoms with Gasteiger partial charge in [0.15, 0.2) is 5.76 Å². The van der Waals surface area contributed by atoms with Gasteiger partial charge in [0.05, 0.1) is 19.1 Å². The van der Waals surface area contributed by atoms with Gasteiger partial charge in [-0.15, -0.1) is 0 Å². The predicted octanol–water partition coefficient (Wildman–Crippen LogP) is 3.66. The molecule has 1 aromatic carbocycles. The Bertz CT molecular complexity index is 932. The summed E-state index contributed by atoms with van der Waals surface area (Å²) in [4.78, 5) is 24.9. The maximum Gasteiger partial charge on any atom is 0.287 e. The fraction of sp³-hybridized carbons (Fsp3) is 0.304. The summed E-state index contributed by atoms with van der Waals surface area (Å²) in [6.07, 6.45) is 3.04. The molecule has 0 radical (unpaired) electrons. The standard InChI is InChI=1S/C23H26N2O5/c1-16(2)21(25-22(26)20-9-5-11-30-20)23(27)24-13-17-6-3-7-18(12-17)14-28-15-19-8-4-10-29-19/h3-12,16,21H,13-15H2,1-2H3,(H,24,27)(H,25,26). The third kappa shape index (κ3) is 6.09. The van der Waals surface area contributed by atoms with Gasteiger partial charge in [-0.3, -0.25) is 9.59 Å². The molecule has 0 bridgehead atoms. The molecule has 0 saturated carbocycles. The Balaban J connectivity index is 1.51. The van der Waals surface area contributed by atoms with Crippen molar-refractivity contribution >= 4 is 11.8 Å². The minimum atomic E-state index is -0.664. The number of hydrogen-bond acceptors (Lipinski definition) is 5. The summed E-state index contributed by atoms with van der Waals surface area (Å²) in [5.41, 5.74) is 1.95. The van der Waals surface area contributed by atoms with Crippen LogP contribution in [0.25, 0.3) is 0 Å². The van der Waals surface area contributed by atoms with Gasteiger partial charge in [0.2, 0.25) is 5.91 Å². The molecule has 0 spiro atoms. The van der Waals surface area contributed by atoms with Gasteiger partial charge in [-0.2, -0.15) is 0 Å². The summed E-state index contributed by atoms with van der Waals surface area (Å²) >= 11 is 0. The van der Waals surface area contributed by atoms with Gasteiger partial charge in [-0.1, -0.05) is 38.1 Å². The SMILES string of the molecule is CC(C)C(NC(=O)c1ccco1)C(=O)NCc1cccc(COCc2ccco2)c1. The third-order valence-corrected chi connectivity index (χ3v) is 4.53. The quantitative estimate of drug-likeness (QED) is 0.532. The van der Waals surface area contributed by atoms with Crippen LogP contribution < -0.4 is 10.6 Å². The van der Waals surface area contributed by atoms with Crippen molar-refractivity contribution in [2.45, 2.75) is 39.6 Å². The summed E-state index contributed by atoms with van der Waals surface area (Å²) < 4.78 is 16.0. The van der Waals surface area contributed by atoms with Gasteiger partial charge in [0.25, 0.3) is 5.91 Å². The normalized spacial score (nSPS) is 12.0. The first-order chi connectivity index (χ1) is 14.5. The largest absolute Gasteiger partial charge is 0.467 e. The highest BCUT2D eigenvalue weighted by Gasteiger charge is 2.25. The van der Waals surface area contributed by atoms with E-state index in [0.717, 1.165) is 16.9 Å². The Kier molecular flexibility index (Phi) is 7.45. The van der Waals surface area contributed by atoms with Crippen LogP contribution >= 0.6 is 0 Å². The Labute approximate surface area is 175 Å². The molecule has 0 aliphatic rings. The molecular formula is C23H26N2O5. The molecule has 0 fully saturated rings. The first kappa shape index (κ1) is 21.4. The molecule has 1 atom stereocenters. The average molecular weight is 410 g/mol. The number of nitrogens with one attached hydrogen (secondary N) is 2. The van der Waals surface area contributed by atoms with Crippen molar-refractivity contribution in [2.75, 3.05) is 0 Å². The van der Waals surface area contributed by atoms with Crippen molar-refractivity contribution in [3.8, 4) is 0 Å². The highest BCUT2D eigenvalue weighted by Crippen LogP contribution is 2.10. The molecule has 3 aromatic rings.